The molecule has 0 fully saturated rings. The Labute approximate surface area is 134 Å². The fourth-order valence-electron chi connectivity index (χ4n) is 2.71. The molecular weight excluding hydrogens is 294 g/mol. The molecule has 1 aromatic rings. The zero-order valence-electron chi connectivity index (χ0n) is 13.8. The molecule has 122 valence electrons. The Morgan fingerprint density at radius 3 is 2.55 bits per heavy atom. The summed E-state index contributed by atoms with van der Waals surface area (Å²) in [4.78, 5) is 10.5. The summed E-state index contributed by atoms with van der Waals surface area (Å²) in [6.07, 6.45) is 3.62. The Morgan fingerprint density at radius 2 is 1.95 bits per heavy atom. The van der Waals surface area contributed by atoms with Crippen molar-refractivity contribution >= 4 is 8.07 Å². The predicted octanol–water partition coefficient (Wildman–Crippen LogP) is 4.45. The second kappa shape index (κ2) is 9.53. The molecule has 0 saturated heterocycles. The normalized spacial score (nSPS) is 13.4. The van der Waals surface area contributed by atoms with Crippen LogP contribution in [0, 0.1) is 10.1 Å². The van der Waals surface area contributed by atoms with E-state index in [1.165, 1.54) is 0 Å². The number of nitrogens with zero attached hydrogens (tertiary/aromatic N) is 1. The lowest BCUT2D eigenvalue weighted by Gasteiger charge is -2.29. The monoisotopic (exact) mass is 321 g/mol. The first-order valence-corrected chi connectivity index (χ1v) is 11.0. The molecule has 1 atom stereocenters. The lowest BCUT2D eigenvalue weighted by Crippen LogP contribution is -2.32. The van der Waals surface area contributed by atoms with Crippen LogP contribution >= 0.6 is 0 Å². The van der Waals surface area contributed by atoms with Crippen LogP contribution in [0.4, 0.5) is 0 Å². The van der Waals surface area contributed by atoms with Crippen molar-refractivity contribution in [3.63, 3.8) is 0 Å². The number of hydrogen-bond acceptors (Lipinski definition) is 3. The van der Waals surface area contributed by atoms with E-state index in [9.17, 15) is 10.1 Å². The third kappa shape index (κ3) is 7.00. The summed E-state index contributed by atoms with van der Waals surface area (Å²) in [5.74, 6) is 0. The molecule has 0 N–H and O–H groups in total. The average molecular weight is 321 g/mol. The summed E-state index contributed by atoms with van der Waals surface area (Å²) in [5.41, 5.74) is 3.81. The summed E-state index contributed by atoms with van der Waals surface area (Å²) in [5, 5.41) is 10.7. The zero-order chi connectivity index (χ0) is 16.4. The van der Waals surface area contributed by atoms with Gasteiger partial charge >= 0.3 is 0 Å². The van der Waals surface area contributed by atoms with E-state index in [1.807, 2.05) is 37.3 Å². The third-order valence-corrected chi connectivity index (χ3v) is 7.90. The molecule has 0 aromatic heterocycles. The van der Waals surface area contributed by atoms with Crippen molar-refractivity contribution in [2.45, 2.75) is 45.0 Å². The number of hydrogen-bond donors (Lipinski definition) is 0. The summed E-state index contributed by atoms with van der Waals surface area (Å²) in [7, 11) is -1.59. The van der Waals surface area contributed by atoms with Gasteiger partial charge in [0, 0.05) is 18.0 Å². The van der Waals surface area contributed by atoms with Gasteiger partial charge in [0.1, 0.15) is 0 Å². The molecule has 0 aliphatic heterocycles. The molecule has 0 aliphatic rings. The van der Waals surface area contributed by atoms with E-state index in [0.29, 0.717) is 25.2 Å². The van der Waals surface area contributed by atoms with Gasteiger partial charge in [-0.3, -0.25) is 10.1 Å². The van der Waals surface area contributed by atoms with Crippen molar-refractivity contribution in [2.24, 2.45) is 0 Å². The van der Waals surface area contributed by atoms with E-state index in [0.717, 1.165) is 12.0 Å². The molecular formula is C17H27NO3Si. The molecule has 22 heavy (non-hydrogen) atoms. The lowest BCUT2D eigenvalue weighted by atomic mass is 10.2. The van der Waals surface area contributed by atoms with E-state index in [-0.39, 0.29) is 11.5 Å². The van der Waals surface area contributed by atoms with Crippen LogP contribution in [0.2, 0.25) is 18.6 Å². The number of nitro groups is 1. The molecule has 0 heterocycles. The van der Waals surface area contributed by atoms with Crippen molar-refractivity contribution in [3.8, 4) is 0 Å². The second-order valence-electron chi connectivity index (χ2n) is 6.19. The van der Waals surface area contributed by atoms with Gasteiger partial charge in [-0.05, 0) is 24.4 Å². The van der Waals surface area contributed by atoms with Crippen LogP contribution in [0.25, 0.3) is 0 Å². The Balaban J connectivity index is 2.48. The quantitative estimate of drug-likeness (QED) is 0.277. The van der Waals surface area contributed by atoms with E-state index in [4.69, 9.17) is 4.74 Å². The van der Waals surface area contributed by atoms with Gasteiger partial charge in [0.05, 0.1) is 14.7 Å². The molecule has 0 bridgehead atoms. The average Bonchev–Trinajstić information content (AvgIpc) is 2.46. The minimum absolute atomic E-state index is 0.0529. The van der Waals surface area contributed by atoms with Gasteiger partial charge in [-0.2, -0.15) is 0 Å². The fraction of sp³-hybridized carbons (Fsp3) is 0.529. The molecule has 1 aromatic carbocycles. The minimum Gasteiger partial charge on any atom is -0.377 e. The minimum atomic E-state index is -1.59. The van der Waals surface area contributed by atoms with Crippen molar-refractivity contribution < 1.29 is 9.66 Å². The zero-order valence-corrected chi connectivity index (χ0v) is 14.8. The molecule has 1 rings (SSSR count). The van der Waals surface area contributed by atoms with Crippen LogP contribution in [0.5, 0.6) is 0 Å². The smallest absolute Gasteiger partial charge is 0.203 e. The number of allylic oxidation sites excluding steroid dienone is 1. The van der Waals surface area contributed by atoms with Crippen molar-refractivity contribution in [2.75, 3.05) is 13.2 Å². The topological polar surface area (TPSA) is 52.4 Å². The molecule has 0 saturated carbocycles. The van der Waals surface area contributed by atoms with Gasteiger partial charge < -0.3 is 4.74 Å². The van der Waals surface area contributed by atoms with Gasteiger partial charge in [-0.15, -0.1) is 0 Å². The van der Waals surface area contributed by atoms with Crippen LogP contribution in [0.15, 0.2) is 42.1 Å². The van der Waals surface area contributed by atoms with Crippen molar-refractivity contribution in [3.05, 3.63) is 57.8 Å². The Kier molecular flexibility index (Phi) is 8.05. The first-order chi connectivity index (χ1) is 10.5. The second-order valence-corrected chi connectivity index (χ2v) is 11.0. The lowest BCUT2D eigenvalue weighted by molar-refractivity contribution is -0.480. The highest BCUT2D eigenvalue weighted by molar-refractivity contribution is 6.83. The highest BCUT2D eigenvalue weighted by Crippen LogP contribution is 2.30. The van der Waals surface area contributed by atoms with Gasteiger partial charge in [0.15, 0.2) is 0 Å². The molecule has 0 aliphatic carbocycles. The molecule has 0 radical (unpaired) electrons. The van der Waals surface area contributed by atoms with Crippen molar-refractivity contribution in [1.29, 1.82) is 0 Å². The Bertz CT molecular complexity index is 474. The van der Waals surface area contributed by atoms with Gasteiger partial charge in [0.2, 0.25) is 6.54 Å². The van der Waals surface area contributed by atoms with E-state index in [1.54, 1.807) is 0 Å². The van der Waals surface area contributed by atoms with Gasteiger partial charge in [-0.1, -0.05) is 55.2 Å². The third-order valence-electron chi connectivity index (χ3n) is 4.03. The predicted molar refractivity (Wildman–Crippen MR) is 93.2 cm³/mol. The van der Waals surface area contributed by atoms with E-state index < -0.39 is 8.07 Å². The number of benzene rings is 1. The van der Waals surface area contributed by atoms with Crippen LogP contribution < -0.4 is 0 Å². The van der Waals surface area contributed by atoms with Crippen LogP contribution in [0.1, 0.15) is 25.3 Å². The van der Waals surface area contributed by atoms with Crippen LogP contribution in [0.3, 0.4) is 0 Å². The highest BCUT2D eigenvalue weighted by Gasteiger charge is 2.29. The van der Waals surface area contributed by atoms with Gasteiger partial charge in [-0.25, -0.2) is 0 Å². The summed E-state index contributed by atoms with van der Waals surface area (Å²) in [6.45, 7) is 7.88. The summed E-state index contributed by atoms with van der Waals surface area (Å²) >= 11 is 0. The van der Waals surface area contributed by atoms with E-state index >= 15 is 0 Å². The SMILES string of the molecule is C/C=C\[Si](C)(C)C(CCOCc1ccccc1)CC[N+](=O)[O-]. The highest BCUT2D eigenvalue weighted by atomic mass is 28.3. The maximum absolute atomic E-state index is 10.7. The maximum atomic E-state index is 10.7. The summed E-state index contributed by atoms with van der Waals surface area (Å²) < 4.78 is 5.76. The number of ether oxygens (including phenoxy) is 1. The van der Waals surface area contributed by atoms with Gasteiger partial charge in [0.25, 0.3) is 0 Å². The molecule has 0 spiro atoms. The van der Waals surface area contributed by atoms with Crippen LogP contribution in [-0.4, -0.2) is 26.1 Å². The fourth-order valence-corrected chi connectivity index (χ4v) is 5.57. The Hall–Kier alpha value is -1.46. The van der Waals surface area contributed by atoms with E-state index in [2.05, 4.69) is 24.9 Å². The standard InChI is InChI=1S/C17H27NO3Si/c1-4-14-22(2,3)17(10-12-18(19)20)11-13-21-15-16-8-6-5-7-9-16/h4-9,14,17H,10-13,15H2,1-3H3/b14-4-. The molecule has 1 unspecified atom stereocenters. The largest absolute Gasteiger partial charge is 0.377 e. The first-order valence-electron chi connectivity index (χ1n) is 7.83. The van der Waals surface area contributed by atoms with Crippen LogP contribution in [-0.2, 0) is 11.3 Å². The summed E-state index contributed by atoms with van der Waals surface area (Å²) in [6, 6.07) is 10.1. The molecule has 4 nitrogen and oxygen atoms in total. The molecule has 5 heteroatoms. The first kappa shape index (κ1) is 18.6. The number of rotatable bonds is 10. The Morgan fingerprint density at radius 1 is 1.27 bits per heavy atom. The maximum Gasteiger partial charge on any atom is 0.203 e. The molecule has 0 amide bonds. The van der Waals surface area contributed by atoms with Crippen molar-refractivity contribution in [1.82, 2.24) is 0 Å².